The van der Waals surface area contributed by atoms with E-state index in [9.17, 15) is 4.79 Å². The zero-order chi connectivity index (χ0) is 21.7. The van der Waals surface area contributed by atoms with Crippen LogP contribution in [-0.2, 0) is 4.79 Å². The number of nitrogens with one attached hydrogen (secondary N) is 4. The Kier molecular flexibility index (Phi) is 7.44. The first-order valence-electron chi connectivity index (χ1n) is 9.35. The Bertz CT molecular complexity index is 910. The van der Waals surface area contributed by atoms with E-state index in [2.05, 4.69) is 28.1 Å². The number of hydrogen-bond donors (Lipinski definition) is 4. The molecule has 1 aliphatic heterocycles. The van der Waals surface area contributed by atoms with Gasteiger partial charge in [0, 0.05) is 30.4 Å². The summed E-state index contributed by atoms with van der Waals surface area (Å²) in [6.45, 7) is 4.06. The molecule has 160 valence electrons. The highest BCUT2D eigenvalue weighted by Gasteiger charge is 2.27. The standard InChI is InChI=1S/C21H24Cl2N4O3/c1-4-18(28)25-14-8-6-5-7-13(14)15-9-12(26-27-15)11-24-21-19(22)16(29-2)10-17(30-3)20(21)23/h4-8,10,12,15,24,26-27H,1,9,11H2,2-3H3,(H,25,28). The number of benzene rings is 2. The molecule has 3 rings (SSSR count). The van der Waals surface area contributed by atoms with E-state index in [1.165, 1.54) is 20.3 Å². The molecule has 30 heavy (non-hydrogen) atoms. The largest absolute Gasteiger partial charge is 0.495 e. The molecule has 1 aliphatic rings. The first kappa shape index (κ1) is 22.2. The van der Waals surface area contributed by atoms with Gasteiger partial charge in [-0.15, -0.1) is 0 Å². The lowest BCUT2D eigenvalue weighted by molar-refractivity contribution is -0.111. The number of anilines is 2. The molecule has 2 unspecified atom stereocenters. The second-order valence-electron chi connectivity index (χ2n) is 6.72. The Morgan fingerprint density at radius 3 is 2.50 bits per heavy atom. The lowest BCUT2D eigenvalue weighted by Crippen LogP contribution is -2.35. The summed E-state index contributed by atoms with van der Waals surface area (Å²) in [4.78, 5) is 11.7. The topological polar surface area (TPSA) is 83.7 Å². The highest BCUT2D eigenvalue weighted by molar-refractivity contribution is 6.41. The summed E-state index contributed by atoms with van der Waals surface area (Å²) < 4.78 is 10.6. The molecule has 0 saturated carbocycles. The van der Waals surface area contributed by atoms with E-state index in [1.807, 2.05) is 24.3 Å². The SMILES string of the molecule is C=CC(=O)Nc1ccccc1C1CC(CNc2c(Cl)c(OC)cc(OC)c2Cl)NN1. The van der Waals surface area contributed by atoms with Gasteiger partial charge in [-0.25, -0.2) is 5.43 Å². The van der Waals surface area contributed by atoms with E-state index in [0.29, 0.717) is 33.8 Å². The minimum atomic E-state index is -0.247. The van der Waals surface area contributed by atoms with Crippen molar-refractivity contribution in [2.24, 2.45) is 0 Å². The number of carbonyl (C=O) groups excluding carboxylic acids is 1. The van der Waals surface area contributed by atoms with E-state index < -0.39 is 0 Å². The normalized spacial score (nSPS) is 18.0. The highest BCUT2D eigenvalue weighted by atomic mass is 35.5. The smallest absolute Gasteiger partial charge is 0.247 e. The number of ether oxygens (including phenoxy) is 2. The van der Waals surface area contributed by atoms with Crippen molar-refractivity contribution in [3.63, 3.8) is 0 Å². The van der Waals surface area contributed by atoms with Gasteiger partial charge in [0.25, 0.3) is 0 Å². The molecule has 0 radical (unpaired) electrons. The quantitative estimate of drug-likeness (QED) is 0.452. The van der Waals surface area contributed by atoms with Crippen molar-refractivity contribution < 1.29 is 14.3 Å². The minimum Gasteiger partial charge on any atom is -0.495 e. The second kappa shape index (κ2) is 10.0. The van der Waals surface area contributed by atoms with Crippen molar-refractivity contribution in [3.05, 3.63) is 58.6 Å². The molecule has 0 spiro atoms. The van der Waals surface area contributed by atoms with Crippen LogP contribution in [0, 0.1) is 0 Å². The van der Waals surface area contributed by atoms with Crippen molar-refractivity contribution in [1.29, 1.82) is 0 Å². The number of carbonyl (C=O) groups is 1. The van der Waals surface area contributed by atoms with Crippen molar-refractivity contribution >= 4 is 40.5 Å². The molecular formula is C21H24Cl2N4O3. The highest BCUT2D eigenvalue weighted by Crippen LogP contribution is 2.44. The maximum atomic E-state index is 11.7. The van der Waals surface area contributed by atoms with Crippen molar-refractivity contribution in [3.8, 4) is 11.5 Å². The van der Waals surface area contributed by atoms with Gasteiger partial charge in [0.15, 0.2) is 0 Å². The molecule has 2 aromatic carbocycles. The van der Waals surface area contributed by atoms with E-state index >= 15 is 0 Å². The van der Waals surface area contributed by atoms with Crippen LogP contribution in [0.5, 0.6) is 11.5 Å². The Hall–Kier alpha value is -2.45. The van der Waals surface area contributed by atoms with Gasteiger partial charge >= 0.3 is 0 Å². The van der Waals surface area contributed by atoms with Gasteiger partial charge in [-0.05, 0) is 24.1 Å². The number of amides is 1. The number of hydrazine groups is 1. The van der Waals surface area contributed by atoms with Crippen molar-refractivity contribution in [2.75, 3.05) is 31.4 Å². The molecule has 1 amide bonds. The molecule has 9 heteroatoms. The molecule has 7 nitrogen and oxygen atoms in total. The lowest BCUT2D eigenvalue weighted by Gasteiger charge is -2.18. The van der Waals surface area contributed by atoms with Crippen LogP contribution in [0.3, 0.4) is 0 Å². The van der Waals surface area contributed by atoms with Gasteiger partial charge < -0.3 is 20.1 Å². The molecule has 2 atom stereocenters. The number of rotatable bonds is 8. The third kappa shape index (κ3) is 4.82. The molecule has 0 aromatic heterocycles. The predicted molar refractivity (Wildman–Crippen MR) is 121 cm³/mol. The molecule has 1 heterocycles. The van der Waals surface area contributed by atoms with E-state index in [0.717, 1.165) is 17.7 Å². The Morgan fingerprint density at radius 2 is 1.87 bits per heavy atom. The van der Waals surface area contributed by atoms with Gasteiger partial charge in [0.1, 0.15) is 21.5 Å². The third-order valence-electron chi connectivity index (χ3n) is 4.86. The first-order chi connectivity index (χ1) is 14.5. The maximum Gasteiger partial charge on any atom is 0.247 e. The van der Waals surface area contributed by atoms with E-state index in [4.69, 9.17) is 32.7 Å². The predicted octanol–water partition coefficient (Wildman–Crippen LogP) is 4.15. The summed E-state index contributed by atoms with van der Waals surface area (Å²) in [6, 6.07) is 9.42. The Labute approximate surface area is 185 Å². The van der Waals surface area contributed by atoms with Crippen LogP contribution in [0.15, 0.2) is 43.0 Å². The van der Waals surface area contributed by atoms with Crippen LogP contribution in [0.4, 0.5) is 11.4 Å². The van der Waals surface area contributed by atoms with Crippen LogP contribution in [0.1, 0.15) is 18.0 Å². The monoisotopic (exact) mass is 450 g/mol. The van der Waals surface area contributed by atoms with Crippen LogP contribution in [0.25, 0.3) is 0 Å². The van der Waals surface area contributed by atoms with E-state index in [1.54, 1.807) is 6.07 Å². The molecular weight excluding hydrogens is 427 g/mol. The summed E-state index contributed by atoms with van der Waals surface area (Å²) in [7, 11) is 3.07. The van der Waals surface area contributed by atoms with Crippen LogP contribution in [0.2, 0.25) is 10.0 Å². The van der Waals surface area contributed by atoms with Gasteiger partial charge in [0.2, 0.25) is 5.91 Å². The number of halogens is 2. The molecule has 0 bridgehead atoms. The van der Waals surface area contributed by atoms with Crippen LogP contribution in [-0.4, -0.2) is 32.7 Å². The van der Waals surface area contributed by atoms with Crippen molar-refractivity contribution in [2.45, 2.75) is 18.5 Å². The molecule has 1 fully saturated rings. The van der Waals surface area contributed by atoms with Crippen LogP contribution < -0.4 is 31.0 Å². The number of para-hydroxylation sites is 1. The number of hydrogen-bond acceptors (Lipinski definition) is 6. The molecule has 0 aliphatic carbocycles. The molecule has 4 N–H and O–H groups in total. The van der Waals surface area contributed by atoms with Crippen LogP contribution >= 0.6 is 23.2 Å². The summed E-state index contributed by atoms with van der Waals surface area (Å²) in [5.74, 6) is 0.702. The fourth-order valence-electron chi connectivity index (χ4n) is 3.32. The average Bonchev–Trinajstić information content (AvgIpc) is 3.23. The molecule has 2 aromatic rings. The maximum absolute atomic E-state index is 11.7. The van der Waals surface area contributed by atoms with Crippen molar-refractivity contribution in [1.82, 2.24) is 10.9 Å². The van der Waals surface area contributed by atoms with Gasteiger partial charge in [-0.3, -0.25) is 10.2 Å². The summed E-state index contributed by atoms with van der Waals surface area (Å²) >= 11 is 12.8. The fourth-order valence-corrected chi connectivity index (χ4v) is 3.96. The third-order valence-corrected chi connectivity index (χ3v) is 5.61. The minimum absolute atomic E-state index is 0.0175. The number of methoxy groups -OCH3 is 2. The summed E-state index contributed by atoms with van der Waals surface area (Å²) in [5.41, 5.74) is 8.85. The van der Waals surface area contributed by atoms with E-state index in [-0.39, 0.29) is 18.0 Å². The summed E-state index contributed by atoms with van der Waals surface area (Å²) in [5, 5.41) is 6.92. The Balaban J connectivity index is 1.70. The lowest BCUT2D eigenvalue weighted by atomic mass is 10.00. The molecule has 1 saturated heterocycles. The summed E-state index contributed by atoms with van der Waals surface area (Å²) in [6.07, 6.45) is 2.03. The van der Waals surface area contributed by atoms with Gasteiger partial charge in [-0.1, -0.05) is 48.0 Å². The average molecular weight is 451 g/mol. The Morgan fingerprint density at radius 1 is 1.20 bits per heavy atom. The van der Waals surface area contributed by atoms with Gasteiger partial charge in [0.05, 0.1) is 19.9 Å². The van der Waals surface area contributed by atoms with Gasteiger partial charge in [-0.2, -0.15) is 0 Å². The fraction of sp³-hybridized carbons (Fsp3) is 0.286. The second-order valence-corrected chi connectivity index (χ2v) is 7.48. The first-order valence-corrected chi connectivity index (χ1v) is 10.1. The zero-order valence-corrected chi connectivity index (χ0v) is 18.2. The zero-order valence-electron chi connectivity index (χ0n) is 16.7.